The highest BCUT2D eigenvalue weighted by molar-refractivity contribution is 6.00. The van der Waals surface area contributed by atoms with Crippen molar-refractivity contribution in [1.29, 1.82) is 0 Å². The molecule has 0 saturated heterocycles. The largest absolute Gasteiger partial charge is 0.488 e. The lowest BCUT2D eigenvalue weighted by Crippen LogP contribution is -2.40. The fraction of sp³-hybridized carbons (Fsp3) is 0.308. The number of benzene rings is 2. The molecule has 3 aromatic rings. The molecule has 2 aromatic carbocycles. The zero-order valence-electron chi connectivity index (χ0n) is 20.1. The van der Waals surface area contributed by atoms with E-state index in [1.54, 1.807) is 13.8 Å². The van der Waals surface area contributed by atoms with Crippen molar-refractivity contribution in [3.05, 3.63) is 70.4 Å². The minimum absolute atomic E-state index is 0.0819. The maximum Gasteiger partial charge on any atom is 0.420 e. The van der Waals surface area contributed by atoms with Crippen LogP contribution in [0.5, 0.6) is 11.5 Å². The summed E-state index contributed by atoms with van der Waals surface area (Å²) in [5.74, 6) is -1.01. The highest BCUT2D eigenvalue weighted by Gasteiger charge is 2.39. The van der Waals surface area contributed by atoms with Crippen LogP contribution in [0.4, 0.5) is 33.7 Å². The van der Waals surface area contributed by atoms with Gasteiger partial charge in [0.25, 0.3) is 5.56 Å². The molecule has 0 atom stereocenters. The molecule has 196 valence electrons. The van der Waals surface area contributed by atoms with E-state index in [1.165, 1.54) is 30.5 Å². The van der Waals surface area contributed by atoms with Crippen molar-refractivity contribution in [3.8, 4) is 22.6 Å². The summed E-state index contributed by atoms with van der Waals surface area (Å²) < 4.78 is 66.5. The second-order valence-electron chi connectivity index (χ2n) is 8.90. The van der Waals surface area contributed by atoms with Crippen molar-refractivity contribution in [3.63, 3.8) is 0 Å². The number of halogens is 4. The summed E-state index contributed by atoms with van der Waals surface area (Å²) in [5.41, 5.74) is -1.51. The van der Waals surface area contributed by atoms with E-state index in [2.05, 4.69) is 15.6 Å². The third kappa shape index (κ3) is 6.04. The van der Waals surface area contributed by atoms with Crippen LogP contribution in [0.1, 0.15) is 38.7 Å². The second-order valence-corrected chi connectivity index (χ2v) is 8.90. The number of urea groups is 1. The molecular weight excluding hydrogens is 494 g/mol. The van der Waals surface area contributed by atoms with Gasteiger partial charge in [0.15, 0.2) is 5.75 Å². The van der Waals surface area contributed by atoms with Gasteiger partial charge in [-0.3, -0.25) is 4.79 Å². The molecule has 0 bridgehead atoms. The number of carbonyl (C=O) groups is 1. The molecule has 1 aliphatic carbocycles. The highest BCUT2D eigenvalue weighted by atomic mass is 19.4. The number of anilines is 2. The minimum Gasteiger partial charge on any atom is -0.488 e. The number of aromatic amines is 1. The molecule has 0 aliphatic heterocycles. The van der Waals surface area contributed by atoms with E-state index in [0.717, 1.165) is 24.6 Å². The van der Waals surface area contributed by atoms with Gasteiger partial charge in [-0.15, -0.1) is 0 Å². The lowest BCUT2D eigenvalue weighted by molar-refractivity contribution is -0.140. The molecule has 7 nitrogen and oxygen atoms in total. The average molecular weight is 519 g/mol. The van der Waals surface area contributed by atoms with Crippen molar-refractivity contribution < 1.29 is 31.8 Å². The summed E-state index contributed by atoms with van der Waals surface area (Å²) in [7, 11) is 0. The van der Waals surface area contributed by atoms with Gasteiger partial charge in [0.05, 0.1) is 17.9 Å². The summed E-state index contributed by atoms with van der Waals surface area (Å²) in [6, 6.07) is 7.73. The average Bonchev–Trinajstić information content (AvgIpc) is 2.81. The van der Waals surface area contributed by atoms with E-state index in [1.807, 2.05) is 0 Å². The Morgan fingerprint density at radius 3 is 2.43 bits per heavy atom. The number of nitrogens with one attached hydrogen (secondary N) is 3. The van der Waals surface area contributed by atoms with Crippen molar-refractivity contribution in [2.75, 3.05) is 17.2 Å². The maximum atomic E-state index is 14.7. The lowest BCUT2D eigenvalue weighted by atomic mass is 9.82. The van der Waals surface area contributed by atoms with Gasteiger partial charge >= 0.3 is 12.2 Å². The Bertz CT molecular complexity index is 1370. The van der Waals surface area contributed by atoms with Crippen molar-refractivity contribution in [2.45, 2.75) is 44.9 Å². The van der Waals surface area contributed by atoms with E-state index in [9.17, 15) is 27.2 Å². The molecule has 11 heteroatoms. The number of pyridine rings is 1. The van der Waals surface area contributed by atoms with Crippen LogP contribution in [0.2, 0.25) is 0 Å². The van der Waals surface area contributed by atoms with Crippen LogP contribution in [0, 0.1) is 5.82 Å². The molecule has 37 heavy (non-hydrogen) atoms. The Morgan fingerprint density at radius 2 is 1.81 bits per heavy atom. The van der Waals surface area contributed by atoms with Crippen LogP contribution in [-0.2, 0) is 6.18 Å². The van der Waals surface area contributed by atoms with Crippen molar-refractivity contribution in [2.24, 2.45) is 0 Å². The third-order valence-electron chi connectivity index (χ3n) is 6.03. The Kier molecular flexibility index (Phi) is 7.15. The van der Waals surface area contributed by atoms with Crippen LogP contribution in [0.15, 0.2) is 53.5 Å². The fourth-order valence-corrected chi connectivity index (χ4v) is 3.93. The van der Waals surface area contributed by atoms with E-state index >= 15 is 0 Å². The summed E-state index contributed by atoms with van der Waals surface area (Å²) in [6.07, 6.45) is -1.10. The highest BCUT2D eigenvalue weighted by Crippen LogP contribution is 2.43. The standard InChI is InChI=1S/C26H25F4N3O4/c1-3-36-22-12-16(14-31-23(22)34)15-5-7-20(19(27)11-15)33-24(35)32-17-6-8-21(18(13-17)26(28,29)30)37-25(2)9-4-10-25/h5-8,11-14H,3-4,9-10H2,1-2H3,(H,31,34)(H2,32,33,35). The van der Waals surface area contributed by atoms with Crippen molar-refractivity contribution in [1.82, 2.24) is 4.98 Å². The first-order valence-corrected chi connectivity index (χ1v) is 11.6. The number of H-pyrrole nitrogens is 1. The van der Waals surface area contributed by atoms with E-state index < -0.39 is 34.7 Å². The maximum absolute atomic E-state index is 14.7. The van der Waals surface area contributed by atoms with Crippen LogP contribution in [-0.4, -0.2) is 23.2 Å². The number of carbonyl (C=O) groups excluding carboxylic acids is 1. The number of alkyl halides is 3. The summed E-state index contributed by atoms with van der Waals surface area (Å²) in [6.45, 7) is 3.75. The lowest BCUT2D eigenvalue weighted by Gasteiger charge is -2.39. The Hall–Kier alpha value is -4.02. The molecule has 1 fully saturated rings. The molecule has 1 aliphatic rings. The summed E-state index contributed by atoms with van der Waals surface area (Å²) in [5, 5.41) is 4.58. The molecule has 0 radical (unpaired) electrons. The van der Waals surface area contributed by atoms with Gasteiger partial charge in [0.2, 0.25) is 0 Å². The smallest absolute Gasteiger partial charge is 0.420 e. The molecule has 3 N–H and O–H groups in total. The van der Waals surface area contributed by atoms with Crippen LogP contribution >= 0.6 is 0 Å². The number of aromatic nitrogens is 1. The van der Waals surface area contributed by atoms with Crippen LogP contribution < -0.4 is 25.7 Å². The fourth-order valence-electron chi connectivity index (χ4n) is 3.93. The molecule has 1 saturated carbocycles. The normalized spacial score (nSPS) is 14.4. The van der Waals surface area contributed by atoms with Crippen LogP contribution in [0.25, 0.3) is 11.1 Å². The molecular formula is C26H25F4N3O4. The van der Waals surface area contributed by atoms with Gasteiger partial charge in [0, 0.05) is 17.4 Å². The molecule has 4 rings (SSSR count). The van der Waals surface area contributed by atoms with E-state index in [-0.39, 0.29) is 29.5 Å². The van der Waals surface area contributed by atoms with E-state index in [0.29, 0.717) is 24.0 Å². The summed E-state index contributed by atoms with van der Waals surface area (Å²) >= 11 is 0. The zero-order valence-corrected chi connectivity index (χ0v) is 20.1. The number of amides is 2. The van der Waals surface area contributed by atoms with Gasteiger partial charge in [-0.2, -0.15) is 13.2 Å². The third-order valence-corrected chi connectivity index (χ3v) is 6.03. The van der Waals surface area contributed by atoms with Crippen LogP contribution in [0.3, 0.4) is 0 Å². The zero-order chi connectivity index (χ0) is 26.8. The number of hydrogen-bond acceptors (Lipinski definition) is 4. The first-order valence-electron chi connectivity index (χ1n) is 11.6. The molecule has 1 heterocycles. The first kappa shape index (κ1) is 26.1. The predicted octanol–water partition coefficient (Wildman–Crippen LogP) is 6.56. The Balaban J connectivity index is 1.48. The molecule has 2 amide bonds. The quantitative estimate of drug-likeness (QED) is 0.308. The summed E-state index contributed by atoms with van der Waals surface area (Å²) in [4.78, 5) is 26.7. The molecule has 0 spiro atoms. The van der Waals surface area contributed by atoms with Gasteiger partial charge < -0.3 is 25.1 Å². The van der Waals surface area contributed by atoms with Gasteiger partial charge in [-0.1, -0.05) is 6.07 Å². The topological polar surface area (TPSA) is 92.4 Å². The monoisotopic (exact) mass is 519 g/mol. The van der Waals surface area contributed by atoms with Gasteiger partial charge in [-0.05, 0) is 75.1 Å². The number of hydrogen-bond donors (Lipinski definition) is 3. The first-order chi connectivity index (χ1) is 17.5. The van der Waals surface area contributed by atoms with E-state index in [4.69, 9.17) is 9.47 Å². The molecule has 1 aromatic heterocycles. The molecule has 0 unspecified atom stereocenters. The predicted molar refractivity (Wildman–Crippen MR) is 131 cm³/mol. The number of rotatable bonds is 7. The Labute approximate surface area is 209 Å². The number of ether oxygens (including phenoxy) is 2. The minimum atomic E-state index is -4.70. The second kappa shape index (κ2) is 10.2. The van der Waals surface area contributed by atoms with Gasteiger partial charge in [0.1, 0.15) is 17.2 Å². The van der Waals surface area contributed by atoms with Crippen molar-refractivity contribution >= 4 is 17.4 Å². The van der Waals surface area contributed by atoms with Gasteiger partial charge in [-0.25, -0.2) is 9.18 Å². The Morgan fingerprint density at radius 1 is 1.05 bits per heavy atom. The SMILES string of the molecule is CCOc1cc(-c2ccc(NC(=O)Nc3ccc(OC4(C)CCC4)c(C(F)(F)F)c3)c(F)c2)c[nH]c1=O.